The lowest BCUT2D eigenvalue weighted by atomic mass is 10.1. The third-order valence-electron chi connectivity index (χ3n) is 4.03. The minimum atomic E-state index is -0.271. The number of methoxy groups -OCH3 is 1. The molecule has 0 aromatic carbocycles. The summed E-state index contributed by atoms with van der Waals surface area (Å²) >= 11 is 0. The number of anilines is 1. The Morgan fingerprint density at radius 2 is 2.04 bits per heavy atom. The molecule has 0 radical (unpaired) electrons. The van der Waals surface area contributed by atoms with Gasteiger partial charge in [0.1, 0.15) is 5.69 Å². The second kappa shape index (κ2) is 9.91. The van der Waals surface area contributed by atoms with E-state index in [1.54, 1.807) is 25.0 Å². The van der Waals surface area contributed by atoms with Gasteiger partial charge in [0.25, 0.3) is 5.91 Å². The van der Waals surface area contributed by atoms with Gasteiger partial charge in [-0.1, -0.05) is 0 Å². The molecular weight excluding hydrogens is 338 g/mol. The lowest BCUT2D eigenvalue weighted by Gasteiger charge is -2.31. The highest BCUT2D eigenvalue weighted by atomic mass is 16.6. The Labute approximate surface area is 153 Å². The highest BCUT2D eigenvalue weighted by Gasteiger charge is 2.24. The number of carbonyl (C=O) groups is 2. The molecule has 2 rings (SSSR count). The van der Waals surface area contributed by atoms with Crippen LogP contribution < -0.4 is 10.6 Å². The number of rotatable bonds is 7. The quantitative estimate of drug-likeness (QED) is 0.699. The predicted molar refractivity (Wildman–Crippen MR) is 96.2 cm³/mol. The van der Waals surface area contributed by atoms with Gasteiger partial charge in [0.15, 0.2) is 0 Å². The van der Waals surface area contributed by atoms with Gasteiger partial charge >= 0.3 is 6.09 Å². The third kappa shape index (κ3) is 5.83. The van der Waals surface area contributed by atoms with Gasteiger partial charge in [0, 0.05) is 38.5 Å². The molecule has 0 aliphatic carbocycles. The topological polar surface area (TPSA) is 106 Å². The molecule has 144 valence electrons. The van der Waals surface area contributed by atoms with Crippen LogP contribution in [0.25, 0.3) is 0 Å². The van der Waals surface area contributed by atoms with Gasteiger partial charge in [-0.15, -0.1) is 0 Å². The predicted octanol–water partition coefficient (Wildman–Crippen LogP) is 1.19. The number of hydrogen-bond acceptors (Lipinski definition) is 7. The molecule has 2 N–H and O–H groups in total. The van der Waals surface area contributed by atoms with Crippen molar-refractivity contribution in [3.63, 3.8) is 0 Å². The highest BCUT2D eigenvalue weighted by Crippen LogP contribution is 2.16. The molecule has 1 aliphatic rings. The van der Waals surface area contributed by atoms with Crippen molar-refractivity contribution in [1.29, 1.82) is 0 Å². The lowest BCUT2D eigenvalue weighted by Crippen LogP contribution is -2.42. The Morgan fingerprint density at radius 1 is 1.31 bits per heavy atom. The largest absolute Gasteiger partial charge is 0.450 e. The van der Waals surface area contributed by atoms with E-state index >= 15 is 0 Å². The maximum atomic E-state index is 12.2. The van der Waals surface area contributed by atoms with Crippen molar-refractivity contribution < 1.29 is 19.1 Å². The summed E-state index contributed by atoms with van der Waals surface area (Å²) in [5, 5.41) is 6.02. The average Bonchev–Trinajstić information content (AvgIpc) is 2.62. The van der Waals surface area contributed by atoms with Crippen LogP contribution >= 0.6 is 0 Å². The molecule has 0 unspecified atom stereocenters. The highest BCUT2D eigenvalue weighted by molar-refractivity contribution is 5.92. The van der Waals surface area contributed by atoms with Crippen LogP contribution in [0.3, 0.4) is 0 Å². The number of amides is 2. The zero-order chi connectivity index (χ0) is 18.9. The molecule has 2 amide bonds. The molecular formula is C17H27N5O4. The summed E-state index contributed by atoms with van der Waals surface area (Å²) in [6, 6.07) is 1.79. The van der Waals surface area contributed by atoms with Crippen LogP contribution in [0.2, 0.25) is 0 Å². The van der Waals surface area contributed by atoms with Crippen LogP contribution in [0.1, 0.15) is 35.9 Å². The summed E-state index contributed by atoms with van der Waals surface area (Å²) in [6.45, 7) is 6.10. The van der Waals surface area contributed by atoms with E-state index in [9.17, 15) is 9.59 Å². The summed E-state index contributed by atoms with van der Waals surface area (Å²) in [7, 11) is 1.58. The van der Waals surface area contributed by atoms with E-state index in [0.29, 0.717) is 50.2 Å². The number of aryl methyl sites for hydroxylation is 1. The number of nitrogens with zero attached hydrogens (tertiary/aromatic N) is 3. The van der Waals surface area contributed by atoms with E-state index in [0.717, 1.165) is 12.8 Å². The lowest BCUT2D eigenvalue weighted by molar-refractivity contribution is 0.0930. The van der Waals surface area contributed by atoms with E-state index in [-0.39, 0.29) is 18.0 Å². The van der Waals surface area contributed by atoms with Crippen molar-refractivity contribution in [3.05, 3.63) is 17.5 Å². The SMILES string of the molecule is CCOC(=O)N1CCC(Nc2nc(C)cc(C(=O)NCCOC)n2)CC1. The smallest absolute Gasteiger partial charge is 0.409 e. The van der Waals surface area contributed by atoms with Crippen molar-refractivity contribution in [2.75, 3.05) is 45.3 Å². The first-order chi connectivity index (χ1) is 12.5. The summed E-state index contributed by atoms with van der Waals surface area (Å²) in [4.78, 5) is 34.3. The number of ether oxygens (including phenoxy) is 2. The van der Waals surface area contributed by atoms with Crippen LogP contribution in [0.5, 0.6) is 0 Å². The van der Waals surface area contributed by atoms with Gasteiger partial charge in [0.2, 0.25) is 5.95 Å². The molecule has 2 heterocycles. The van der Waals surface area contributed by atoms with E-state index in [4.69, 9.17) is 9.47 Å². The fourth-order valence-electron chi connectivity index (χ4n) is 2.71. The molecule has 0 bridgehead atoms. The number of nitrogens with one attached hydrogen (secondary N) is 2. The summed E-state index contributed by atoms with van der Waals surface area (Å²) < 4.78 is 9.94. The molecule has 9 heteroatoms. The molecule has 1 saturated heterocycles. The van der Waals surface area contributed by atoms with E-state index in [1.807, 2.05) is 6.92 Å². The van der Waals surface area contributed by atoms with E-state index in [1.165, 1.54) is 0 Å². The van der Waals surface area contributed by atoms with Crippen molar-refractivity contribution >= 4 is 17.9 Å². The van der Waals surface area contributed by atoms with Gasteiger partial charge in [-0.3, -0.25) is 4.79 Å². The van der Waals surface area contributed by atoms with Crippen molar-refractivity contribution in [2.45, 2.75) is 32.7 Å². The van der Waals surface area contributed by atoms with Crippen molar-refractivity contribution in [3.8, 4) is 0 Å². The Balaban J connectivity index is 1.91. The minimum absolute atomic E-state index is 0.145. The zero-order valence-electron chi connectivity index (χ0n) is 15.6. The second-order valence-corrected chi connectivity index (χ2v) is 6.07. The minimum Gasteiger partial charge on any atom is -0.450 e. The zero-order valence-corrected chi connectivity index (χ0v) is 15.6. The molecule has 9 nitrogen and oxygen atoms in total. The maximum Gasteiger partial charge on any atom is 0.409 e. The van der Waals surface area contributed by atoms with E-state index < -0.39 is 0 Å². The average molecular weight is 365 g/mol. The number of piperidine rings is 1. The van der Waals surface area contributed by atoms with Gasteiger partial charge in [-0.25, -0.2) is 14.8 Å². The number of carbonyl (C=O) groups excluding carboxylic acids is 2. The van der Waals surface area contributed by atoms with Crippen LogP contribution in [-0.4, -0.2) is 72.9 Å². The van der Waals surface area contributed by atoms with Crippen LogP contribution in [0.15, 0.2) is 6.07 Å². The first-order valence-electron chi connectivity index (χ1n) is 8.84. The van der Waals surface area contributed by atoms with Gasteiger partial charge in [-0.2, -0.15) is 0 Å². The Kier molecular flexibility index (Phi) is 7.58. The Morgan fingerprint density at radius 3 is 2.69 bits per heavy atom. The fourth-order valence-corrected chi connectivity index (χ4v) is 2.71. The molecule has 1 aliphatic heterocycles. The molecule has 1 fully saturated rings. The number of hydrogen-bond donors (Lipinski definition) is 2. The van der Waals surface area contributed by atoms with Gasteiger partial charge in [0.05, 0.1) is 13.2 Å². The number of likely N-dealkylation sites (tertiary alicyclic amines) is 1. The molecule has 0 saturated carbocycles. The molecule has 26 heavy (non-hydrogen) atoms. The van der Waals surface area contributed by atoms with Crippen molar-refractivity contribution in [1.82, 2.24) is 20.2 Å². The third-order valence-corrected chi connectivity index (χ3v) is 4.03. The standard InChI is InChI=1S/C17H27N5O4/c1-4-26-17(24)22-8-5-13(6-9-22)20-16-19-12(2)11-14(21-16)15(23)18-7-10-25-3/h11,13H,4-10H2,1-3H3,(H,18,23)(H,19,20,21). The summed E-state index contributed by atoms with van der Waals surface area (Å²) in [5.74, 6) is 0.171. The summed E-state index contributed by atoms with van der Waals surface area (Å²) in [5.41, 5.74) is 1.03. The van der Waals surface area contributed by atoms with Crippen LogP contribution in [0, 0.1) is 6.92 Å². The first-order valence-corrected chi connectivity index (χ1v) is 8.84. The molecule has 1 aromatic rings. The van der Waals surface area contributed by atoms with E-state index in [2.05, 4.69) is 20.6 Å². The van der Waals surface area contributed by atoms with Crippen molar-refractivity contribution in [2.24, 2.45) is 0 Å². The second-order valence-electron chi connectivity index (χ2n) is 6.07. The first kappa shape index (κ1) is 19.9. The summed E-state index contributed by atoms with van der Waals surface area (Å²) in [6.07, 6.45) is 1.27. The molecule has 0 atom stereocenters. The fraction of sp³-hybridized carbons (Fsp3) is 0.647. The normalized spacial score (nSPS) is 14.8. The van der Waals surface area contributed by atoms with Gasteiger partial charge < -0.3 is 25.0 Å². The maximum absolute atomic E-state index is 12.2. The van der Waals surface area contributed by atoms with Crippen LogP contribution in [0.4, 0.5) is 10.7 Å². The number of aromatic nitrogens is 2. The molecule has 1 aromatic heterocycles. The molecule has 0 spiro atoms. The monoisotopic (exact) mass is 365 g/mol. The Bertz CT molecular complexity index is 617. The van der Waals surface area contributed by atoms with Gasteiger partial charge in [-0.05, 0) is 32.8 Å². The van der Waals surface area contributed by atoms with Crippen LogP contribution in [-0.2, 0) is 9.47 Å². The Hall–Kier alpha value is -2.42.